The highest BCUT2D eigenvalue weighted by Crippen LogP contribution is 2.18. The molecule has 0 spiro atoms. The van der Waals surface area contributed by atoms with Crippen LogP contribution in [0.3, 0.4) is 0 Å². The number of nitrogens with zero attached hydrogens (tertiary/aromatic N) is 3. The molecule has 0 bridgehead atoms. The summed E-state index contributed by atoms with van der Waals surface area (Å²) >= 11 is 5.64. The summed E-state index contributed by atoms with van der Waals surface area (Å²) in [6.45, 7) is 0. The maximum Gasteiger partial charge on any atom is 0.265 e. The van der Waals surface area contributed by atoms with Gasteiger partial charge in [-0.05, 0) is 6.07 Å². The largest absolute Gasteiger partial charge is 0.364 e. The fourth-order valence-electron chi connectivity index (χ4n) is 1.51. The monoisotopic (exact) mass is 315 g/mol. The van der Waals surface area contributed by atoms with Gasteiger partial charge in [0, 0.05) is 19.3 Å². The van der Waals surface area contributed by atoms with Crippen LogP contribution in [0.2, 0.25) is 5.15 Å². The second-order valence-corrected chi connectivity index (χ2v) is 5.94. The van der Waals surface area contributed by atoms with Gasteiger partial charge >= 0.3 is 0 Å². The van der Waals surface area contributed by atoms with Crippen molar-refractivity contribution in [1.82, 2.24) is 14.5 Å². The van der Waals surface area contributed by atoms with Crippen molar-refractivity contribution in [1.29, 1.82) is 0 Å². The number of hydrogen-bond acceptors (Lipinski definition) is 5. The maximum absolute atomic E-state index is 12.1. The highest BCUT2D eigenvalue weighted by Gasteiger charge is 2.20. The molecular weight excluding hydrogens is 306 g/mol. The lowest BCUT2D eigenvalue weighted by Gasteiger charge is -2.04. The number of rotatable bonds is 4. The van der Waals surface area contributed by atoms with Gasteiger partial charge < -0.3 is 10.3 Å². The summed E-state index contributed by atoms with van der Waals surface area (Å²) in [6.07, 6.45) is 2.39. The van der Waals surface area contributed by atoms with Crippen LogP contribution in [-0.2, 0) is 17.1 Å². The van der Waals surface area contributed by atoms with E-state index < -0.39 is 15.9 Å². The number of halogens is 1. The van der Waals surface area contributed by atoms with Crippen LogP contribution in [0.4, 0.5) is 5.82 Å². The number of hydrogen-bond donors (Lipinski definition) is 2. The molecule has 0 aliphatic rings. The Morgan fingerprint density at radius 2 is 2.10 bits per heavy atom. The summed E-state index contributed by atoms with van der Waals surface area (Å²) in [7, 11) is -2.38. The van der Waals surface area contributed by atoms with E-state index in [0.29, 0.717) is 0 Å². The lowest BCUT2D eigenvalue weighted by atomic mass is 10.4. The Morgan fingerprint density at radius 3 is 2.65 bits per heavy atom. The van der Waals surface area contributed by atoms with E-state index in [1.54, 1.807) is 0 Å². The van der Waals surface area contributed by atoms with Gasteiger partial charge in [0.05, 0.1) is 0 Å². The summed E-state index contributed by atoms with van der Waals surface area (Å²) in [6, 6.07) is 2.44. The first kappa shape index (κ1) is 14.3. The smallest absolute Gasteiger partial charge is 0.265 e. The van der Waals surface area contributed by atoms with Crippen molar-refractivity contribution >= 4 is 33.3 Å². The summed E-state index contributed by atoms with van der Waals surface area (Å²) in [5.74, 6) is -0.700. The molecule has 0 saturated heterocycles. The Bertz CT molecular complexity index is 771. The normalized spacial score (nSPS) is 11.3. The van der Waals surface area contributed by atoms with E-state index in [2.05, 4.69) is 14.7 Å². The summed E-state index contributed by atoms with van der Waals surface area (Å²) in [4.78, 5) is 18.4. The summed E-state index contributed by atoms with van der Waals surface area (Å²) < 4.78 is 27.8. The number of sulfonamides is 1. The van der Waals surface area contributed by atoms with Crippen molar-refractivity contribution in [2.45, 2.75) is 4.90 Å². The van der Waals surface area contributed by atoms with E-state index in [1.165, 1.54) is 29.9 Å². The average Bonchev–Trinajstić information content (AvgIpc) is 2.71. The number of carbonyl (C=O) groups is 1. The number of primary amides is 1. The van der Waals surface area contributed by atoms with Crippen LogP contribution in [0.1, 0.15) is 10.5 Å². The molecule has 2 aromatic heterocycles. The number of aromatic nitrogens is 3. The molecule has 8 nitrogen and oxygen atoms in total. The molecule has 0 unspecified atom stereocenters. The van der Waals surface area contributed by atoms with Gasteiger partial charge in [0.2, 0.25) is 0 Å². The first-order chi connectivity index (χ1) is 9.29. The van der Waals surface area contributed by atoms with Gasteiger partial charge in [0.15, 0.2) is 0 Å². The van der Waals surface area contributed by atoms with Crippen LogP contribution in [0, 0.1) is 0 Å². The molecule has 3 N–H and O–H groups in total. The fraction of sp³-hybridized carbons (Fsp3) is 0.100. The number of carbonyl (C=O) groups excluding carboxylic acids is 1. The van der Waals surface area contributed by atoms with Crippen LogP contribution >= 0.6 is 11.6 Å². The zero-order valence-electron chi connectivity index (χ0n) is 10.2. The van der Waals surface area contributed by atoms with Gasteiger partial charge in [0.25, 0.3) is 15.9 Å². The summed E-state index contributed by atoms with van der Waals surface area (Å²) in [5, 5.41) is 0.101. The van der Waals surface area contributed by atoms with Gasteiger partial charge in [-0.25, -0.2) is 18.4 Å². The quantitative estimate of drug-likeness (QED) is 0.790. The Balaban J connectivity index is 2.36. The van der Waals surface area contributed by atoms with Crippen LogP contribution in [0.5, 0.6) is 0 Å². The standard InChI is InChI=1S/C10H10ClN5O3S/c1-16-4-6(2-7(16)10(12)17)20(18,19)15-9-3-8(11)13-5-14-9/h2-5H,1H3,(H2,12,17)(H,13,14,15). The second kappa shape index (κ2) is 5.10. The Morgan fingerprint density at radius 1 is 1.40 bits per heavy atom. The number of anilines is 1. The molecule has 2 rings (SSSR count). The zero-order chi connectivity index (χ0) is 14.9. The highest BCUT2D eigenvalue weighted by molar-refractivity contribution is 7.92. The van der Waals surface area contributed by atoms with Crippen LogP contribution in [-0.4, -0.2) is 28.9 Å². The highest BCUT2D eigenvalue weighted by atomic mass is 35.5. The molecule has 0 radical (unpaired) electrons. The number of nitrogens with two attached hydrogens (primary N) is 1. The topological polar surface area (TPSA) is 120 Å². The molecule has 1 amide bonds. The second-order valence-electron chi connectivity index (χ2n) is 3.87. The van der Waals surface area contributed by atoms with Crippen molar-refractivity contribution in [3.63, 3.8) is 0 Å². The van der Waals surface area contributed by atoms with Gasteiger partial charge in [-0.3, -0.25) is 9.52 Å². The van der Waals surface area contributed by atoms with E-state index in [4.69, 9.17) is 17.3 Å². The third-order valence-corrected chi connectivity index (χ3v) is 3.94. The van der Waals surface area contributed by atoms with Gasteiger partial charge in [0.1, 0.15) is 27.9 Å². The molecule has 106 valence electrons. The predicted molar refractivity (Wildman–Crippen MR) is 71.8 cm³/mol. The maximum atomic E-state index is 12.1. The van der Waals surface area contributed by atoms with Crippen molar-refractivity contribution < 1.29 is 13.2 Å². The molecule has 20 heavy (non-hydrogen) atoms. The number of aryl methyl sites for hydroxylation is 1. The molecule has 0 aliphatic heterocycles. The molecule has 0 aliphatic carbocycles. The molecule has 0 saturated carbocycles. The zero-order valence-corrected chi connectivity index (χ0v) is 11.8. The first-order valence-electron chi connectivity index (χ1n) is 5.26. The van der Waals surface area contributed by atoms with Gasteiger partial charge in [-0.2, -0.15) is 0 Å². The van der Waals surface area contributed by atoms with Crippen molar-refractivity contribution in [2.24, 2.45) is 12.8 Å². The third-order valence-electron chi connectivity index (χ3n) is 2.42. The molecule has 0 fully saturated rings. The number of nitrogens with one attached hydrogen (secondary N) is 1. The van der Waals surface area contributed by atoms with E-state index in [-0.39, 0.29) is 21.6 Å². The average molecular weight is 316 g/mol. The van der Waals surface area contributed by atoms with Crippen molar-refractivity contribution in [3.05, 3.63) is 35.5 Å². The SMILES string of the molecule is Cn1cc(S(=O)(=O)Nc2cc(Cl)ncn2)cc1C(N)=O. The molecule has 0 aromatic carbocycles. The number of amides is 1. The van der Waals surface area contributed by atoms with Crippen molar-refractivity contribution in [3.8, 4) is 0 Å². The Labute approximate surface area is 119 Å². The van der Waals surface area contributed by atoms with Gasteiger partial charge in [-0.15, -0.1) is 0 Å². The Hall–Kier alpha value is -2.13. The predicted octanol–water partition coefficient (Wildman–Crippen LogP) is 0.368. The van der Waals surface area contributed by atoms with Gasteiger partial charge in [-0.1, -0.05) is 11.6 Å². The van der Waals surface area contributed by atoms with E-state index in [1.807, 2.05) is 0 Å². The van der Waals surface area contributed by atoms with Crippen LogP contribution < -0.4 is 10.5 Å². The van der Waals surface area contributed by atoms with Crippen LogP contribution in [0.15, 0.2) is 29.6 Å². The van der Waals surface area contributed by atoms with E-state index >= 15 is 0 Å². The first-order valence-corrected chi connectivity index (χ1v) is 7.12. The third kappa shape index (κ3) is 2.89. The van der Waals surface area contributed by atoms with E-state index in [9.17, 15) is 13.2 Å². The molecule has 2 heterocycles. The minimum Gasteiger partial charge on any atom is -0.364 e. The molecule has 2 aromatic rings. The fourth-order valence-corrected chi connectivity index (χ4v) is 2.73. The minimum absolute atomic E-state index is 0.0227. The lowest BCUT2D eigenvalue weighted by Crippen LogP contribution is -2.14. The molecule has 10 heteroatoms. The minimum atomic E-state index is -3.89. The molecular formula is C10H10ClN5O3S. The lowest BCUT2D eigenvalue weighted by molar-refractivity contribution is 0.0992. The van der Waals surface area contributed by atoms with Crippen molar-refractivity contribution in [2.75, 3.05) is 4.72 Å². The van der Waals surface area contributed by atoms with E-state index in [0.717, 1.165) is 6.33 Å². The Kier molecular flexibility index (Phi) is 3.64. The van der Waals surface area contributed by atoms with Crippen LogP contribution in [0.25, 0.3) is 0 Å². The molecule has 0 atom stereocenters. The summed E-state index contributed by atoms with van der Waals surface area (Å²) in [5.41, 5.74) is 5.21.